The minimum atomic E-state index is -3.76. The van der Waals surface area contributed by atoms with Crippen molar-refractivity contribution in [3.63, 3.8) is 0 Å². The molecule has 0 aliphatic rings. The Hall–Kier alpha value is -1.64. The van der Waals surface area contributed by atoms with E-state index in [1.807, 2.05) is 0 Å². The number of ether oxygens (including phenoxy) is 2. The number of nitrogens with one attached hydrogen (secondary N) is 2. The monoisotopic (exact) mass is 344 g/mol. The second-order valence-electron chi connectivity index (χ2n) is 5.11. The quantitative estimate of drug-likeness (QED) is 0.645. The van der Waals surface area contributed by atoms with E-state index < -0.39 is 10.0 Å². The molecule has 0 saturated heterocycles. The standard InChI is InChI=1S/C15H24N2O5S/c1-11-9-14(12(2)8-13(11)22-4)23(19,20)17-10-15(18)16-6-5-7-21-3/h8-9,17H,5-7,10H2,1-4H3,(H,16,18). The summed E-state index contributed by atoms with van der Waals surface area (Å²) >= 11 is 0. The summed E-state index contributed by atoms with van der Waals surface area (Å²) in [6.45, 7) is 4.12. The first kappa shape index (κ1) is 19.4. The van der Waals surface area contributed by atoms with Crippen LogP contribution in [0.3, 0.4) is 0 Å². The highest BCUT2D eigenvalue weighted by Gasteiger charge is 2.19. The number of hydrogen-bond donors (Lipinski definition) is 2. The Morgan fingerprint density at radius 3 is 2.48 bits per heavy atom. The second kappa shape index (κ2) is 8.85. The fourth-order valence-corrected chi connectivity index (χ4v) is 3.31. The van der Waals surface area contributed by atoms with Gasteiger partial charge in [0.25, 0.3) is 0 Å². The summed E-state index contributed by atoms with van der Waals surface area (Å²) in [5.74, 6) is 0.241. The third-order valence-electron chi connectivity index (χ3n) is 3.25. The molecule has 1 rings (SSSR count). The van der Waals surface area contributed by atoms with E-state index in [9.17, 15) is 13.2 Å². The average molecular weight is 344 g/mol. The number of benzene rings is 1. The van der Waals surface area contributed by atoms with E-state index in [1.165, 1.54) is 13.2 Å². The van der Waals surface area contributed by atoms with Crippen LogP contribution >= 0.6 is 0 Å². The molecule has 7 nitrogen and oxygen atoms in total. The molecule has 0 aromatic heterocycles. The molecular weight excluding hydrogens is 320 g/mol. The van der Waals surface area contributed by atoms with Crippen molar-refractivity contribution >= 4 is 15.9 Å². The Bertz CT molecular complexity index is 644. The van der Waals surface area contributed by atoms with Gasteiger partial charge in [-0.3, -0.25) is 4.79 Å². The molecule has 0 fully saturated rings. The van der Waals surface area contributed by atoms with Crippen LogP contribution in [0.4, 0.5) is 0 Å². The zero-order valence-corrected chi connectivity index (χ0v) is 14.7. The molecule has 2 N–H and O–H groups in total. The van der Waals surface area contributed by atoms with Gasteiger partial charge in [0.1, 0.15) is 5.75 Å². The molecule has 0 heterocycles. The molecule has 0 aliphatic heterocycles. The van der Waals surface area contributed by atoms with Crippen molar-refractivity contribution in [3.05, 3.63) is 23.3 Å². The summed E-state index contributed by atoms with van der Waals surface area (Å²) in [7, 11) is -0.651. The lowest BCUT2D eigenvalue weighted by atomic mass is 10.1. The van der Waals surface area contributed by atoms with Crippen molar-refractivity contribution in [1.29, 1.82) is 0 Å². The van der Waals surface area contributed by atoms with Crippen LogP contribution in [0.2, 0.25) is 0 Å². The Kier molecular flexibility index (Phi) is 7.47. The van der Waals surface area contributed by atoms with Gasteiger partial charge in [-0.25, -0.2) is 13.1 Å². The predicted molar refractivity (Wildman–Crippen MR) is 87.2 cm³/mol. The van der Waals surface area contributed by atoms with Gasteiger partial charge in [0, 0.05) is 20.3 Å². The van der Waals surface area contributed by atoms with E-state index in [4.69, 9.17) is 9.47 Å². The lowest BCUT2D eigenvalue weighted by Crippen LogP contribution is -2.37. The summed E-state index contributed by atoms with van der Waals surface area (Å²) in [5.41, 5.74) is 1.27. The number of methoxy groups -OCH3 is 2. The fraction of sp³-hybridized carbons (Fsp3) is 0.533. The topological polar surface area (TPSA) is 93.7 Å². The maximum atomic E-state index is 12.3. The van der Waals surface area contributed by atoms with Crippen LogP contribution < -0.4 is 14.8 Å². The molecule has 1 amide bonds. The number of rotatable bonds is 9. The lowest BCUT2D eigenvalue weighted by Gasteiger charge is -2.13. The van der Waals surface area contributed by atoms with E-state index in [-0.39, 0.29) is 17.3 Å². The number of carbonyl (C=O) groups excluding carboxylic acids is 1. The third kappa shape index (κ3) is 5.81. The van der Waals surface area contributed by atoms with Gasteiger partial charge in [-0.1, -0.05) is 0 Å². The van der Waals surface area contributed by atoms with Crippen LogP contribution in [0.15, 0.2) is 17.0 Å². The molecule has 0 saturated carbocycles. The van der Waals surface area contributed by atoms with Gasteiger partial charge < -0.3 is 14.8 Å². The van der Waals surface area contributed by atoms with Crippen molar-refractivity contribution in [2.45, 2.75) is 25.2 Å². The summed E-state index contributed by atoms with van der Waals surface area (Å²) in [4.78, 5) is 11.8. The van der Waals surface area contributed by atoms with Gasteiger partial charge in [0.15, 0.2) is 0 Å². The lowest BCUT2D eigenvalue weighted by molar-refractivity contribution is -0.120. The van der Waals surface area contributed by atoms with Gasteiger partial charge in [-0.2, -0.15) is 0 Å². The second-order valence-corrected chi connectivity index (χ2v) is 6.84. The van der Waals surface area contributed by atoms with Crippen molar-refractivity contribution < 1.29 is 22.7 Å². The number of sulfonamides is 1. The van der Waals surface area contributed by atoms with Crippen molar-refractivity contribution in [2.75, 3.05) is 33.9 Å². The molecule has 0 spiro atoms. The minimum absolute atomic E-state index is 0.142. The molecule has 130 valence electrons. The third-order valence-corrected chi connectivity index (χ3v) is 4.80. The fourth-order valence-electron chi connectivity index (χ4n) is 2.02. The number of aryl methyl sites for hydroxylation is 2. The molecule has 0 radical (unpaired) electrons. The Balaban J connectivity index is 2.69. The maximum absolute atomic E-state index is 12.3. The summed E-state index contributed by atoms with van der Waals surface area (Å²) in [5, 5.41) is 2.62. The van der Waals surface area contributed by atoms with Crippen LogP contribution in [0.25, 0.3) is 0 Å². The molecule has 0 unspecified atom stereocenters. The van der Waals surface area contributed by atoms with Gasteiger partial charge in [-0.15, -0.1) is 0 Å². The normalized spacial score (nSPS) is 11.3. The van der Waals surface area contributed by atoms with Crippen LogP contribution in [-0.2, 0) is 19.6 Å². The SMILES string of the molecule is COCCCNC(=O)CNS(=O)(=O)c1cc(C)c(OC)cc1C. The average Bonchev–Trinajstić information content (AvgIpc) is 2.51. The van der Waals surface area contributed by atoms with E-state index >= 15 is 0 Å². The van der Waals surface area contributed by atoms with Gasteiger partial charge >= 0.3 is 0 Å². The Morgan fingerprint density at radius 2 is 1.87 bits per heavy atom. The van der Waals surface area contributed by atoms with E-state index in [1.54, 1.807) is 27.0 Å². The maximum Gasteiger partial charge on any atom is 0.241 e. The molecule has 0 bridgehead atoms. The van der Waals surface area contributed by atoms with E-state index in [2.05, 4.69) is 10.0 Å². The highest BCUT2D eigenvalue weighted by atomic mass is 32.2. The van der Waals surface area contributed by atoms with Crippen LogP contribution in [0.5, 0.6) is 5.75 Å². The zero-order chi connectivity index (χ0) is 17.5. The molecule has 23 heavy (non-hydrogen) atoms. The van der Waals surface area contributed by atoms with Crippen molar-refractivity contribution in [2.24, 2.45) is 0 Å². The van der Waals surface area contributed by atoms with Gasteiger partial charge in [0.2, 0.25) is 15.9 Å². The Morgan fingerprint density at radius 1 is 1.17 bits per heavy atom. The van der Waals surface area contributed by atoms with Crippen LogP contribution in [-0.4, -0.2) is 48.2 Å². The van der Waals surface area contributed by atoms with E-state index in [0.29, 0.717) is 36.4 Å². The first-order valence-electron chi connectivity index (χ1n) is 7.22. The smallest absolute Gasteiger partial charge is 0.241 e. The first-order valence-corrected chi connectivity index (χ1v) is 8.70. The molecule has 0 aliphatic carbocycles. The highest BCUT2D eigenvalue weighted by Crippen LogP contribution is 2.25. The molecule has 1 aromatic carbocycles. The first-order chi connectivity index (χ1) is 10.8. The molecule has 1 aromatic rings. The predicted octanol–water partition coefficient (Wildman–Crippen LogP) is 0.743. The zero-order valence-electron chi connectivity index (χ0n) is 13.9. The van der Waals surface area contributed by atoms with Crippen LogP contribution in [0.1, 0.15) is 17.5 Å². The summed E-state index contributed by atoms with van der Waals surface area (Å²) < 4.78 is 37.0. The van der Waals surface area contributed by atoms with Crippen LogP contribution in [0, 0.1) is 13.8 Å². The molecule has 8 heteroatoms. The minimum Gasteiger partial charge on any atom is -0.496 e. The summed E-state index contributed by atoms with van der Waals surface area (Å²) in [6.07, 6.45) is 0.672. The van der Waals surface area contributed by atoms with E-state index in [0.717, 1.165) is 0 Å². The molecular formula is C15H24N2O5S. The molecule has 0 atom stereocenters. The number of hydrogen-bond acceptors (Lipinski definition) is 5. The van der Waals surface area contributed by atoms with Gasteiger partial charge in [-0.05, 0) is 43.5 Å². The van der Waals surface area contributed by atoms with Crippen molar-refractivity contribution in [3.8, 4) is 5.75 Å². The van der Waals surface area contributed by atoms with Gasteiger partial charge in [0.05, 0.1) is 18.6 Å². The van der Waals surface area contributed by atoms with Crippen molar-refractivity contribution in [1.82, 2.24) is 10.0 Å². The summed E-state index contributed by atoms with van der Waals surface area (Å²) in [6, 6.07) is 3.20. The largest absolute Gasteiger partial charge is 0.496 e. The number of carbonyl (C=O) groups is 1. The number of amides is 1. The highest BCUT2D eigenvalue weighted by molar-refractivity contribution is 7.89. The Labute approximate surface area is 137 Å².